The Morgan fingerprint density at radius 2 is 2.50 bits per heavy atom. The van der Waals surface area contributed by atoms with Gasteiger partial charge in [0.25, 0.3) is 0 Å². The highest BCUT2D eigenvalue weighted by atomic mass is 16.5. The smallest absolute Gasteiger partial charge is 0.128 e. The van der Waals surface area contributed by atoms with Gasteiger partial charge in [0.15, 0.2) is 0 Å². The molecule has 0 fully saturated rings. The van der Waals surface area contributed by atoms with Crippen LogP contribution in [0.4, 0.5) is 0 Å². The van der Waals surface area contributed by atoms with Crippen molar-refractivity contribution in [3.05, 3.63) is 43.0 Å². The zero-order valence-corrected chi connectivity index (χ0v) is 5.63. The number of rotatable bonds is 3. The molecule has 0 N–H and O–H groups in total. The van der Waals surface area contributed by atoms with Gasteiger partial charge in [0.2, 0.25) is 0 Å². The van der Waals surface area contributed by atoms with Gasteiger partial charge in [-0.25, -0.2) is 0 Å². The zero-order valence-electron chi connectivity index (χ0n) is 5.63. The van der Waals surface area contributed by atoms with E-state index in [0.717, 1.165) is 0 Å². The molecule has 0 saturated carbocycles. The summed E-state index contributed by atoms with van der Waals surface area (Å²) in [6, 6.07) is 11.1. The van der Waals surface area contributed by atoms with Gasteiger partial charge in [-0.2, -0.15) is 0 Å². The molecule has 1 aromatic rings. The summed E-state index contributed by atoms with van der Waals surface area (Å²) >= 11 is 0. The lowest BCUT2D eigenvalue weighted by atomic mass is 10.3. The third kappa shape index (κ3) is 1.94. The third-order valence-corrected chi connectivity index (χ3v) is 0.976. The number of benzene rings is 1. The van der Waals surface area contributed by atoms with Crippen molar-refractivity contribution in [3.63, 3.8) is 0 Å². The average molecular weight is 132 g/mol. The van der Waals surface area contributed by atoms with Gasteiger partial charge in [-0.05, 0) is 18.2 Å². The summed E-state index contributed by atoms with van der Waals surface area (Å²) in [5.74, 6) is 0.711. The first-order valence-electron chi connectivity index (χ1n) is 3.05. The molecule has 1 heteroatoms. The van der Waals surface area contributed by atoms with Crippen LogP contribution in [0.5, 0.6) is 5.75 Å². The van der Waals surface area contributed by atoms with E-state index >= 15 is 0 Å². The average Bonchev–Trinajstić information content (AvgIpc) is 2.03. The predicted octanol–water partition coefficient (Wildman–Crippen LogP) is 1.85. The van der Waals surface area contributed by atoms with Crippen LogP contribution in [-0.4, -0.2) is 6.61 Å². The van der Waals surface area contributed by atoms with E-state index in [1.807, 2.05) is 0 Å². The monoisotopic (exact) mass is 132 g/mol. The van der Waals surface area contributed by atoms with Crippen LogP contribution in [0.2, 0.25) is 0 Å². The van der Waals surface area contributed by atoms with Gasteiger partial charge in [0, 0.05) is 6.07 Å². The Morgan fingerprint density at radius 1 is 1.60 bits per heavy atom. The molecule has 0 aliphatic rings. The molecule has 2 radical (unpaired) electrons. The van der Waals surface area contributed by atoms with E-state index < -0.39 is 0 Å². The van der Waals surface area contributed by atoms with Crippen LogP contribution < -0.4 is 4.74 Å². The molecule has 0 atom stereocenters. The zero-order chi connectivity index (χ0) is 7.23. The summed E-state index contributed by atoms with van der Waals surface area (Å²) in [5, 5.41) is 0. The van der Waals surface area contributed by atoms with Crippen LogP contribution in [-0.2, 0) is 0 Å². The van der Waals surface area contributed by atoms with Crippen molar-refractivity contribution >= 4 is 0 Å². The molecule has 50 valence electrons. The topological polar surface area (TPSA) is 9.23 Å². The van der Waals surface area contributed by atoms with E-state index in [1.54, 1.807) is 24.3 Å². The Kier molecular flexibility index (Phi) is 2.56. The molecule has 10 heavy (non-hydrogen) atoms. The first-order chi connectivity index (χ1) is 4.93. The van der Waals surface area contributed by atoms with E-state index in [9.17, 15) is 0 Å². The van der Waals surface area contributed by atoms with Crippen molar-refractivity contribution in [2.45, 2.75) is 0 Å². The second-order valence-corrected chi connectivity index (χ2v) is 1.75. The molecule has 0 bridgehead atoms. The molecule has 1 aromatic carbocycles. The minimum absolute atomic E-state index is 0.522. The normalized spacial score (nSPS) is 8.80. The second kappa shape index (κ2) is 3.72. The largest absolute Gasteiger partial charge is 0.489 e. The van der Waals surface area contributed by atoms with Crippen molar-refractivity contribution in [1.29, 1.82) is 0 Å². The lowest BCUT2D eigenvalue weighted by Crippen LogP contribution is -1.91. The van der Waals surface area contributed by atoms with Gasteiger partial charge in [-0.1, -0.05) is 18.7 Å². The minimum Gasteiger partial charge on any atom is -0.489 e. The van der Waals surface area contributed by atoms with Crippen molar-refractivity contribution in [3.8, 4) is 5.75 Å². The van der Waals surface area contributed by atoms with Crippen molar-refractivity contribution in [1.82, 2.24) is 0 Å². The lowest BCUT2D eigenvalue weighted by molar-refractivity contribution is 0.362. The maximum atomic E-state index is 5.15. The highest BCUT2D eigenvalue weighted by Crippen LogP contribution is 2.05. The summed E-state index contributed by atoms with van der Waals surface area (Å²) in [7, 11) is 0. The summed E-state index contributed by atoms with van der Waals surface area (Å²) in [6.07, 6.45) is 1.70. The Labute approximate surface area is 61.0 Å². The molecule has 0 unspecified atom stereocenters. The van der Waals surface area contributed by atoms with Gasteiger partial charge in [0.05, 0.1) is 0 Å². The molecule has 0 aliphatic heterocycles. The van der Waals surface area contributed by atoms with E-state index in [4.69, 9.17) is 4.74 Å². The first-order valence-corrected chi connectivity index (χ1v) is 3.05. The standard InChI is InChI=1S/C9H8O/c1-2-8-10-9-6-4-3-5-7-9/h2-4,7H,1,8H2. The summed E-state index contributed by atoms with van der Waals surface area (Å²) in [5.41, 5.74) is 0. The van der Waals surface area contributed by atoms with Crippen molar-refractivity contribution in [2.75, 3.05) is 6.61 Å². The van der Waals surface area contributed by atoms with Crippen LogP contribution in [0.15, 0.2) is 30.9 Å². The fraction of sp³-hybridized carbons (Fsp3) is 0.111. The fourth-order valence-corrected chi connectivity index (χ4v) is 0.569. The maximum absolute atomic E-state index is 5.15. The third-order valence-electron chi connectivity index (χ3n) is 0.976. The molecule has 0 spiro atoms. The molecule has 1 nitrogen and oxygen atoms in total. The summed E-state index contributed by atoms with van der Waals surface area (Å²) < 4.78 is 5.15. The van der Waals surface area contributed by atoms with E-state index in [1.165, 1.54) is 0 Å². The van der Waals surface area contributed by atoms with E-state index in [-0.39, 0.29) is 0 Å². The van der Waals surface area contributed by atoms with E-state index in [0.29, 0.717) is 12.4 Å². The van der Waals surface area contributed by atoms with Gasteiger partial charge in [0.1, 0.15) is 12.4 Å². The number of hydrogen-bond donors (Lipinski definition) is 0. The van der Waals surface area contributed by atoms with Crippen LogP contribution >= 0.6 is 0 Å². The molecule has 0 heterocycles. The van der Waals surface area contributed by atoms with Crippen LogP contribution in [0.1, 0.15) is 0 Å². The lowest BCUT2D eigenvalue weighted by Gasteiger charge is -1.99. The molecule has 1 rings (SSSR count). The predicted molar refractivity (Wildman–Crippen MR) is 39.8 cm³/mol. The van der Waals surface area contributed by atoms with Gasteiger partial charge >= 0.3 is 0 Å². The SMILES string of the molecule is C=CCOc1[c]cc[c]c1. The van der Waals surface area contributed by atoms with Crippen LogP contribution in [0.25, 0.3) is 0 Å². The van der Waals surface area contributed by atoms with Gasteiger partial charge in [-0.15, -0.1) is 0 Å². The first kappa shape index (κ1) is 6.87. The second-order valence-electron chi connectivity index (χ2n) is 1.75. The molecular weight excluding hydrogens is 124 g/mol. The molecule has 0 aromatic heterocycles. The van der Waals surface area contributed by atoms with Gasteiger partial charge < -0.3 is 4.74 Å². The summed E-state index contributed by atoms with van der Waals surface area (Å²) in [4.78, 5) is 0. The Balaban J connectivity index is 2.50. The Morgan fingerprint density at radius 3 is 3.10 bits per heavy atom. The maximum Gasteiger partial charge on any atom is 0.128 e. The van der Waals surface area contributed by atoms with Gasteiger partial charge in [-0.3, -0.25) is 0 Å². The van der Waals surface area contributed by atoms with Crippen molar-refractivity contribution in [2.24, 2.45) is 0 Å². The van der Waals surface area contributed by atoms with E-state index in [2.05, 4.69) is 18.7 Å². The highest BCUT2D eigenvalue weighted by molar-refractivity contribution is 5.18. The molecule has 0 amide bonds. The Bertz CT molecular complexity index is 191. The van der Waals surface area contributed by atoms with Crippen LogP contribution in [0.3, 0.4) is 0 Å². The highest BCUT2D eigenvalue weighted by Gasteiger charge is 1.86. The minimum atomic E-state index is 0.522. The number of hydrogen-bond acceptors (Lipinski definition) is 1. The fourth-order valence-electron chi connectivity index (χ4n) is 0.569. The summed E-state index contributed by atoms with van der Waals surface area (Å²) in [6.45, 7) is 4.05. The van der Waals surface area contributed by atoms with Crippen molar-refractivity contribution < 1.29 is 4.74 Å². The molecular formula is C9H8O. The molecule has 0 aliphatic carbocycles. The van der Waals surface area contributed by atoms with Crippen LogP contribution in [0, 0.1) is 12.1 Å². The Hall–Kier alpha value is -1.24. The quantitative estimate of drug-likeness (QED) is 0.570. The molecule has 0 saturated heterocycles. The number of ether oxygens (including phenoxy) is 1.